The van der Waals surface area contributed by atoms with Crippen molar-refractivity contribution in [1.82, 2.24) is 0 Å². The molecule has 0 aliphatic heterocycles. The van der Waals surface area contributed by atoms with Gasteiger partial charge in [-0.15, -0.1) is 6.58 Å². The van der Waals surface area contributed by atoms with Crippen LogP contribution in [-0.4, -0.2) is 10.4 Å². The van der Waals surface area contributed by atoms with Crippen molar-refractivity contribution in [2.75, 3.05) is 0 Å². The van der Waals surface area contributed by atoms with Gasteiger partial charge in [-0.1, -0.05) is 36.4 Å². The number of carbonyl (C=O) groups is 1. The number of hydrogen-bond donors (Lipinski definition) is 0. The Labute approximate surface area is 90.8 Å². The predicted molar refractivity (Wildman–Crippen MR) is 58.4 cm³/mol. The van der Waals surface area contributed by atoms with Crippen molar-refractivity contribution in [2.45, 2.75) is 11.0 Å². The lowest BCUT2D eigenvalue weighted by Crippen LogP contribution is -2.25. The minimum Gasteiger partial charge on any atom is -0.289 e. The van der Waals surface area contributed by atoms with E-state index in [1.54, 1.807) is 30.3 Å². The van der Waals surface area contributed by atoms with E-state index in [1.165, 1.54) is 6.08 Å². The summed E-state index contributed by atoms with van der Waals surface area (Å²) in [5.41, 5.74) is 0.355. The molecule has 0 unspecified atom stereocenters. The molecule has 74 valence electrons. The summed E-state index contributed by atoms with van der Waals surface area (Å²) in [6.07, 6.45) is 1.33. The second-order valence-electron chi connectivity index (χ2n) is 2.89. The quantitative estimate of drug-likeness (QED) is 0.458. The molecule has 0 saturated carbocycles. The lowest BCUT2D eigenvalue weighted by Gasteiger charge is -2.14. The third-order valence-corrected chi connectivity index (χ3v) is 2.45. The first-order valence-corrected chi connectivity index (χ1v) is 4.96. The second kappa shape index (κ2) is 4.51. The van der Waals surface area contributed by atoms with E-state index in [9.17, 15) is 9.18 Å². The van der Waals surface area contributed by atoms with Crippen LogP contribution in [0.3, 0.4) is 0 Å². The molecule has 14 heavy (non-hydrogen) atoms. The van der Waals surface area contributed by atoms with Crippen molar-refractivity contribution in [3.8, 4) is 0 Å². The van der Waals surface area contributed by atoms with Gasteiger partial charge in [0.1, 0.15) is 0 Å². The molecule has 0 aromatic heterocycles. The minimum absolute atomic E-state index is 0.0409. The number of rotatable bonds is 4. The fourth-order valence-electron chi connectivity index (χ4n) is 1.07. The summed E-state index contributed by atoms with van der Waals surface area (Å²) < 4.78 is 11.6. The summed E-state index contributed by atoms with van der Waals surface area (Å²) in [5.74, 6) is -0.571. The smallest absolute Gasteiger partial charge is 0.230 e. The molecule has 3 heteroatoms. The minimum atomic E-state index is -2.03. The van der Waals surface area contributed by atoms with Crippen molar-refractivity contribution in [2.24, 2.45) is 0 Å². The molecule has 1 aromatic rings. The lowest BCUT2D eigenvalue weighted by atomic mass is 10.1. The SMILES string of the molecule is C=CC[C@@](F)(Br)C(=O)c1ccccc1. The highest BCUT2D eigenvalue weighted by molar-refractivity contribution is 9.10. The van der Waals surface area contributed by atoms with Crippen LogP contribution in [0.5, 0.6) is 0 Å². The van der Waals surface area contributed by atoms with Gasteiger partial charge in [0.2, 0.25) is 10.4 Å². The summed E-state index contributed by atoms with van der Waals surface area (Å²) in [5, 5.41) is 0. The third-order valence-electron chi connectivity index (χ3n) is 1.77. The number of halogens is 2. The van der Waals surface area contributed by atoms with E-state index in [1.807, 2.05) is 0 Å². The standard InChI is InChI=1S/C11H10BrFO/c1-2-8-11(12,13)10(14)9-6-4-3-5-7-9/h2-7H,1,8H2/t11-/m0/s1. The van der Waals surface area contributed by atoms with Crippen LogP contribution in [0.4, 0.5) is 4.39 Å². The molecule has 1 rings (SSSR count). The maximum atomic E-state index is 13.7. The maximum Gasteiger partial charge on any atom is 0.230 e. The van der Waals surface area contributed by atoms with Crippen LogP contribution in [-0.2, 0) is 0 Å². The first-order valence-electron chi connectivity index (χ1n) is 4.16. The summed E-state index contributed by atoms with van der Waals surface area (Å²) in [4.78, 5) is 11.6. The molecule has 0 fully saturated rings. The molecule has 0 amide bonds. The zero-order valence-electron chi connectivity index (χ0n) is 7.54. The van der Waals surface area contributed by atoms with E-state index < -0.39 is 10.4 Å². The number of alkyl halides is 2. The Hall–Kier alpha value is -0.960. The Balaban J connectivity index is 2.90. The highest BCUT2D eigenvalue weighted by Gasteiger charge is 2.34. The molecule has 0 saturated heterocycles. The van der Waals surface area contributed by atoms with Gasteiger partial charge in [0.05, 0.1) is 0 Å². The van der Waals surface area contributed by atoms with Crippen molar-refractivity contribution >= 4 is 21.7 Å². The van der Waals surface area contributed by atoms with Gasteiger partial charge in [-0.05, 0) is 15.9 Å². The van der Waals surface area contributed by atoms with Crippen LogP contribution in [0.15, 0.2) is 43.0 Å². The van der Waals surface area contributed by atoms with Gasteiger partial charge < -0.3 is 0 Å². The van der Waals surface area contributed by atoms with E-state index >= 15 is 0 Å². The van der Waals surface area contributed by atoms with Gasteiger partial charge in [-0.2, -0.15) is 0 Å². The Kier molecular flexibility index (Phi) is 3.58. The van der Waals surface area contributed by atoms with E-state index in [0.29, 0.717) is 5.56 Å². The van der Waals surface area contributed by atoms with Gasteiger partial charge in [-0.3, -0.25) is 4.79 Å². The number of ketones is 1. The van der Waals surface area contributed by atoms with Crippen LogP contribution in [0.25, 0.3) is 0 Å². The van der Waals surface area contributed by atoms with Crippen molar-refractivity contribution in [3.05, 3.63) is 48.6 Å². The first kappa shape index (κ1) is 11.1. The molecular formula is C11H10BrFO. The van der Waals surface area contributed by atoms with Gasteiger partial charge in [0, 0.05) is 12.0 Å². The Morgan fingerprint density at radius 3 is 2.57 bits per heavy atom. The van der Waals surface area contributed by atoms with Crippen molar-refractivity contribution < 1.29 is 9.18 Å². The van der Waals surface area contributed by atoms with Crippen molar-refractivity contribution in [3.63, 3.8) is 0 Å². The highest BCUT2D eigenvalue weighted by atomic mass is 79.9. The number of carbonyl (C=O) groups excluding carboxylic acids is 1. The van der Waals surface area contributed by atoms with Crippen LogP contribution >= 0.6 is 15.9 Å². The average Bonchev–Trinajstić information content (AvgIpc) is 2.18. The van der Waals surface area contributed by atoms with E-state index in [4.69, 9.17) is 0 Å². The third kappa shape index (κ3) is 2.51. The Morgan fingerprint density at radius 2 is 2.07 bits per heavy atom. The zero-order valence-corrected chi connectivity index (χ0v) is 9.13. The summed E-state index contributed by atoms with van der Waals surface area (Å²) in [6.45, 7) is 3.40. The lowest BCUT2D eigenvalue weighted by molar-refractivity contribution is 0.0850. The fraction of sp³-hybridized carbons (Fsp3) is 0.182. The van der Waals surface area contributed by atoms with Crippen LogP contribution < -0.4 is 0 Å². The Morgan fingerprint density at radius 1 is 1.50 bits per heavy atom. The zero-order chi connectivity index (χ0) is 10.6. The number of benzene rings is 1. The van der Waals surface area contributed by atoms with E-state index in [2.05, 4.69) is 22.5 Å². The van der Waals surface area contributed by atoms with Crippen LogP contribution in [0, 0.1) is 0 Å². The van der Waals surface area contributed by atoms with Gasteiger partial charge in [0.25, 0.3) is 0 Å². The summed E-state index contributed by atoms with van der Waals surface area (Å²) in [7, 11) is 0. The fourth-order valence-corrected chi connectivity index (χ4v) is 1.53. The molecule has 0 heterocycles. The number of Topliss-reactive ketones (excluding diaryl/α,β-unsaturated/α-hetero) is 1. The first-order chi connectivity index (χ1) is 6.58. The molecule has 0 spiro atoms. The molecule has 0 bridgehead atoms. The van der Waals surface area contributed by atoms with E-state index in [0.717, 1.165) is 0 Å². The molecule has 1 nitrogen and oxygen atoms in total. The number of allylic oxidation sites excluding steroid dienone is 1. The van der Waals surface area contributed by atoms with Crippen molar-refractivity contribution in [1.29, 1.82) is 0 Å². The van der Waals surface area contributed by atoms with Gasteiger partial charge in [0.15, 0.2) is 0 Å². The predicted octanol–water partition coefficient (Wildman–Crippen LogP) is 3.51. The number of hydrogen-bond acceptors (Lipinski definition) is 1. The molecule has 0 aliphatic carbocycles. The summed E-state index contributed by atoms with van der Waals surface area (Å²) >= 11 is 2.76. The molecule has 0 radical (unpaired) electrons. The van der Waals surface area contributed by atoms with Crippen LogP contribution in [0.1, 0.15) is 16.8 Å². The highest BCUT2D eigenvalue weighted by Crippen LogP contribution is 2.29. The molecule has 1 aromatic carbocycles. The average molecular weight is 257 g/mol. The largest absolute Gasteiger partial charge is 0.289 e. The van der Waals surface area contributed by atoms with Gasteiger partial charge >= 0.3 is 0 Å². The topological polar surface area (TPSA) is 17.1 Å². The van der Waals surface area contributed by atoms with Gasteiger partial charge in [-0.25, -0.2) is 4.39 Å². The Bertz CT molecular complexity index is 332. The van der Waals surface area contributed by atoms with E-state index in [-0.39, 0.29) is 6.42 Å². The summed E-state index contributed by atoms with van der Waals surface area (Å²) in [6, 6.07) is 8.34. The monoisotopic (exact) mass is 256 g/mol. The maximum absolute atomic E-state index is 13.7. The second-order valence-corrected chi connectivity index (χ2v) is 4.15. The molecule has 1 atom stereocenters. The molecule has 0 N–H and O–H groups in total. The molecular weight excluding hydrogens is 247 g/mol. The molecule has 0 aliphatic rings. The van der Waals surface area contributed by atoms with Crippen LogP contribution in [0.2, 0.25) is 0 Å². The normalized spacial score (nSPS) is 14.4.